The van der Waals surface area contributed by atoms with Crippen molar-refractivity contribution in [3.63, 3.8) is 0 Å². The van der Waals surface area contributed by atoms with Gasteiger partial charge in [-0.2, -0.15) is 0 Å². The maximum absolute atomic E-state index is 12.7. The predicted molar refractivity (Wildman–Crippen MR) is 288 cm³/mol. The van der Waals surface area contributed by atoms with Crippen molar-refractivity contribution in [3.05, 3.63) is 59.7 Å². The summed E-state index contributed by atoms with van der Waals surface area (Å²) < 4.78 is 63.4. The second-order valence-electron chi connectivity index (χ2n) is 18.9. The number of ketones is 2. The number of benzene rings is 2. The lowest BCUT2D eigenvalue weighted by Gasteiger charge is -2.35. The van der Waals surface area contributed by atoms with Gasteiger partial charge in [0.2, 0.25) is 0 Å². The average Bonchev–Trinajstić information content (AvgIpc) is 3.37. The van der Waals surface area contributed by atoms with Crippen molar-refractivity contribution in [1.82, 2.24) is 0 Å². The number of carbonyl (C=O) groups is 12. The quantitative estimate of drug-likeness (QED) is 0.0446. The van der Waals surface area contributed by atoms with Gasteiger partial charge in [0.15, 0.2) is 48.2 Å². The summed E-state index contributed by atoms with van der Waals surface area (Å²) in [7, 11) is -1.53. The van der Waals surface area contributed by atoms with Crippen molar-refractivity contribution in [2.45, 2.75) is 163 Å². The van der Waals surface area contributed by atoms with Crippen LogP contribution in [0, 0.1) is 23.8 Å². The summed E-state index contributed by atoms with van der Waals surface area (Å²) in [6, 6.07) is 13.5. The van der Waals surface area contributed by atoms with E-state index in [1.807, 2.05) is 0 Å². The lowest BCUT2D eigenvalue weighted by atomic mass is 9.97. The zero-order valence-corrected chi connectivity index (χ0v) is 49.3. The van der Waals surface area contributed by atoms with Gasteiger partial charge in [0, 0.05) is 93.2 Å². The summed E-state index contributed by atoms with van der Waals surface area (Å²) in [6.07, 6.45) is -7.19. The van der Waals surface area contributed by atoms with Gasteiger partial charge in [-0.1, -0.05) is 31.5 Å². The molecule has 0 aliphatic heterocycles. The average molecular weight is 1170 g/mol. The van der Waals surface area contributed by atoms with E-state index >= 15 is 0 Å². The molecule has 2 rings (SSSR count). The molecule has 0 aliphatic rings. The van der Waals surface area contributed by atoms with Crippen molar-refractivity contribution in [3.8, 4) is 35.3 Å². The van der Waals surface area contributed by atoms with Gasteiger partial charge in [-0.3, -0.25) is 57.5 Å². The summed E-state index contributed by atoms with van der Waals surface area (Å²) in [4.78, 5) is 144. The van der Waals surface area contributed by atoms with Crippen molar-refractivity contribution in [2.75, 3.05) is 26.4 Å². The molecule has 0 spiro atoms. The third-order valence-electron chi connectivity index (χ3n) is 10.2. The Morgan fingerprint density at radius 1 is 0.402 bits per heavy atom. The number of Topliss-reactive ketones (excluding diaryl/α,β-unsaturated/α-hetero) is 2. The van der Waals surface area contributed by atoms with Crippen LogP contribution in [-0.2, 0) is 105 Å². The molecule has 0 radical (unpaired) electrons. The third kappa shape index (κ3) is 31.9. The minimum Gasteiger partial charge on any atom is -0.486 e. The third-order valence-corrected chi connectivity index (χ3v) is 11.0. The molecule has 0 amide bonds. The van der Waals surface area contributed by atoms with Gasteiger partial charge in [-0.15, -0.1) is 12.0 Å². The minimum atomic E-state index is -1.57. The highest BCUT2D eigenvalue weighted by Crippen LogP contribution is 2.25. The Kier molecular flexibility index (Phi) is 31.9. The molecule has 25 heteroatoms. The van der Waals surface area contributed by atoms with Crippen LogP contribution in [0.3, 0.4) is 0 Å². The Balaban J connectivity index is 0.000000824. The maximum atomic E-state index is 12.7. The summed E-state index contributed by atoms with van der Waals surface area (Å²) in [5.74, 6) is -2.40. The van der Waals surface area contributed by atoms with Gasteiger partial charge in [-0.05, 0) is 61.4 Å². The standard InChI is InChI=1S/C30H40O12Si.C27H32O12/c1-19(31)37-18-28(40-21(3)33)30(42-23(5)35)29(41-22(4)34)27(39-20(2)32)14-11-25(36)17-38-26-12-9-24(10-13-26)15-16-43(6,7)8;1-7-21-8-11-23(12-9-21)35-14-22(33)10-13-24(36-17(3)29)26(38-19(5)31)27(39-20(6)32)25(37-18(4)30)15-34-16(2)28/h9-10,12-13,27-30H,11,14,17-18H2,1-8H3;1,8-9,11-12,24-27H,10,13-15H2,2-6H3/t27-,28+,29+,30+;24-,25+,26+,27+/m11/s1. The second kappa shape index (κ2) is 36.6. The van der Waals surface area contributed by atoms with E-state index in [0.29, 0.717) is 17.1 Å². The Bertz CT molecular complexity index is 2640. The van der Waals surface area contributed by atoms with Crippen LogP contribution in [0.1, 0.15) is 106 Å². The van der Waals surface area contributed by atoms with E-state index in [2.05, 4.69) is 37.0 Å². The molecule has 0 aromatic heterocycles. The molecule has 0 saturated heterocycles. The first-order chi connectivity index (χ1) is 38.3. The maximum Gasteiger partial charge on any atom is 0.303 e. The first-order valence-corrected chi connectivity index (χ1v) is 28.9. The molecule has 0 unspecified atom stereocenters. The van der Waals surface area contributed by atoms with Crippen LogP contribution in [-0.4, -0.2) is 155 Å². The Morgan fingerprint density at radius 2 is 0.683 bits per heavy atom. The first-order valence-electron chi connectivity index (χ1n) is 25.4. The van der Waals surface area contributed by atoms with Crippen molar-refractivity contribution < 1.29 is 114 Å². The molecule has 24 nitrogen and oxygen atoms in total. The fourth-order valence-corrected chi connectivity index (χ4v) is 7.55. The van der Waals surface area contributed by atoms with Gasteiger partial charge in [0.1, 0.15) is 58.2 Å². The molecule has 82 heavy (non-hydrogen) atoms. The van der Waals surface area contributed by atoms with Gasteiger partial charge in [0.25, 0.3) is 0 Å². The van der Waals surface area contributed by atoms with Crippen LogP contribution in [0.4, 0.5) is 0 Å². The Hall–Kier alpha value is -8.58. The molecule has 8 atom stereocenters. The van der Waals surface area contributed by atoms with Gasteiger partial charge in [-0.25, -0.2) is 0 Å². The van der Waals surface area contributed by atoms with Crippen molar-refractivity contribution in [2.24, 2.45) is 0 Å². The van der Waals surface area contributed by atoms with E-state index in [0.717, 1.165) is 74.8 Å². The Morgan fingerprint density at radius 3 is 0.951 bits per heavy atom. The molecule has 0 N–H and O–H groups in total. The number of esters is 10. The largest absolute Gasteiger partial charge is 0.486 e. The second-order valence-corrected chi connectivity index (χ2v) is 23.7. The summed E-state index contributed by atoms with van der Waals surface area (Å²) in [5.41, 5.74) is 4.73. The molecule has 0 aliphatic carbocycles. The normalized spacial score (nSPS) is 13.4. The van der Waals surface area contributed by atoms with Gasteiger partial charge < -0.3 is 56.8 Å². The smallest absolute Gasteiger partial charge is 0.303 e. The summed E-state index contributed by atoms with van der Waals surface area (Å²) in [5, 5.41) is 0. The topological polar surface area (TPSA) is 316 Å². The van der Waals surface area contributed by atoms with E-state index in [4.69, 9.17) is 63.3 Å². The van der Waals surface area contributed by atoms with E-state index < -0.39 is 136 Å². The molecule has 0 saturated carbocycles. The minimum absolute atomic E-state index is 0.178. The van der Waals surface area contributed by atoms with Crippen LogP contribution in [0.15, 0.2) is 48.5 Å². The number of ether oxygens (including phenoxy) is 12. The van der Waals surface area contributed by atoms with Crippen LogP contribution >= 0.6 is 0 Å². The molecule has 0 heterocycles. The highest BCUT2D eigenvalue weighted by atomic mass is 28.3. The lowest BCUT2D eigenvalue weighted by Crippen LogP contribution is -2.53. The zero-order chi connectivity index (χ0) is 62.3. The lowest BCUT2D eigenvalue weighted by molar-refractivity contribution is -0.203. The fourth-order valence-electron chi connectivity index (χ4n) is 7.03. The monoisotopic (exact) mass is 1170 g/mol. The van der Waals surface area contributed by atoms with Crippen LogP contribution in [0.25, 0.3) is 0 Å². The number of hydrogen-bond donors (Lipinski definition) is 0. The number of carbonyl (C=O) groups excluding carboxylic acids is 12. The fraction of sp³-hybridized carbons (Fsp3) is 0.509. The highest BCUT2D eigenvalue weighted by molar-refractivity contribution is 6.83. The zero-order valence-electron chi connectivity index (χ0n) is 48.3. The molecule has 0 bridgehead atoms. The van der Waals surface area contributed by atoms with Crippen LogP contribution < -0.4 is 9.47 Å². The SMILES string of the molecule is C#Cc1ccc(OCC(=O)CC[C@@H](OC(C)=O)[C@H](OC(C)=O)[C@@H](OC(C)=O)[C@H](COC(C)=O)OC(C)=O)cc1.CC(=O)OC[C@H](OC(C)=O)[C@H](OC(C)=O)[C@@H](OC(C)=O)[C@@H](CCC(=O)COc1ccc(C#C[Si](C)(C)C)cc1)OC(C)=O. The van der Waals surface area contributed by atoms with E-state index in [9.17, 15) is 57.5 Å². The molecule has 2 aromatic rings. The highest BCUT2D eigenvalue weighted by Gasteiger charge is 2.45. The van der Waals surface area contributed by atoms with E-state index in [-0.39, 0.29) is 44.7 Å². The Labute approximate surface area is 477 Å². The molecular weight excluding hydrogens is 1100 g/mol. The number of terminal acetylenes is 1. The van der Waals surface area contributed by atoms with E-state index in [1.165, 1.54) is 0 Å². The molecule has 0 fully saturated rings. The summed E-state index contributed by atoms with van der Waals surface area (Å²) >= 11 is 0. The van der Waals surface area contributed by atoms with Crippen molar-refractivity contribution >= 4 is 79.3 Å². The van der Waals surface area contributed by atoms with Gasteiger partial charge >= 0.3 is 59.7 Å². The summed E-state index contributed by atoms with van der Waals surface area (Å²) in [6.45, 7) is 15.4. The first kappa shape index (κ1) is 71.4. The van der Waals surface area contributed by atoms with Crippen molar-refractivity contribution in [1.29, 1.82) is 0 Å². The van der Waals surface area contributed by atoms with E-state index in [1.54, 1.807) is 48.5 Å². The molecular formula is C57H72O24Si. The van der Waals surface area contributed by atoms with Crippen LogP contribution in [0.5, 0.6) is 11.5 Å². The van der Waals surface area contributed by atoms with Crippen LogP contribution in [0.2, 0.25) is 19.6 Å². The van der Waals surface area contributed by atoms with Gasteiger partial charge in [0.05, 0.1) is 0 Å². The number of rotatable bonds is 30. The molecule has 2 aromatic carbocycles. The predicted octanol–water partition coefficient (Wildman–Crippen LogP) is 4.62. The molecule has 448 valence electrons. The number of hydrogen-bond acceptors (Lipinski definition) is 24.